The van der Waals surface area contributed by atoms with Gasteiger partial charge >= 0.3 is 0 Å². The zero-order valence-corrected chi connectivity index (χ0v) is 26.0. The van der Waals surface area contributed by atoms with Crippen molar-refractivity contribution in [2.24, 2.45) is 0 Å². The van der Waals surface area contributed by atoms with E-state index >= 15 is 0 Å². The molecule has 4 nitrogen and oxygen atoms in total. The summed E-state index contributed by atoms with van der Waals surface area (Å²) >= 11 is 0. The van der Waals surface area contributed by atoms with E-state index in [1.807, 2.05) is 30.3 Å². The molecule has 2 heterocycles. The first-order valence-corrected chi connectivity index (χ1v) is 16.1. The Morgan fingerprint density at radius 2 is 0.792 bits per heavy atom. The lowest BCUT2D eigenvalue weighted by molar-refractivity contribution is 1.23. The average Bonchev–Trinajstić information content (AvgIpc) is 3.17. The SMILES string of the molecule is c1ccc(-c2cccc(-c3nc(-c4ccc(-c5nc(-c6cccc7ccccc67)nc6ccccc56)cc4)c4ccccc4n3)c2)cc1. The summed E-state index contributed by atoms with van der Waals surface area (Å²) in [6.07, 6.45) is 0. The van der Waals surface area contributed by atoms with Gasteiger partial charge in [0, 0.05) is 33.0 Å². The Hall–Kier alpha value is -6.52. The first-order valence-electron chi connectivity index (χ1n) is 16.1. The van der Waals surface area contributed by atoms with E-state index in [4.69, 9.17) is 19.9 Å². The van der Waals surface area contributed by atoms with Crippen LogP contribution in [-0.4, -0.2) is 19.9 Å². The van der Waals surface area contributed by atoms with Crippen LogP contribution in [0, 0.1) is 0 Å². The summed E-state index contributed by atoms with van der Waals surface area (Å²) in [4.78, 5) is 20.4. The highest BCUT2D eigenvalue weighted by molar-refractivity contribution is 5.99. The van der Waals surface area contributed by atoms with Gasteiger partial charge in [0.15, 0.2) is 11.6 Å². The Bertz CT molecular complexity index is 2610. The summed E-state index contributed by atoms with van der Waals surface area (Å²) in [6, 6.07) is 58.6. The summed E-state index contributed by atoms with van der Waals surface area (Å²) in [5.74, 6) is 1.42. The van der Waals surface area contributed by atoms with E-state index < -0.39 is 0 Å². The number of rotatable bonds is 5. The van der Waals surface area contributed by atoms with Gasteiger partial charge in [-0.1, -0.05) is 152 Å². The molecule has 0 radical (unpaired) electrons. The fourth-order valence-electron chi connectivity index (χ4n) is 6.52. The van der Waals surface area contributed by atoms with Crippen molar-refractivity contribution < 1.29 is 0 Å². The smallest absolute Gasteiger partial charge is 0.161 e. The molecular weight excluding hydrogens is 585 g/mol. The minimum atomic E-state index is 0.701. The Kier molecular flexibility index (Phi) is 6.76. The largest absolute Gasteiger partial charge is 0.228 e. The molecule has 0 N–H and O–H groups in total. The van der Waals surface area contributed by atoms with E-state index in [2.05, 4.69) is 140 Å². The van der Waals surface area contributed by atoms with Crippen LogP contribution in [0.1, 0.15) is 0 Å². The van der Waals surface area contributed by atoms with Crippen LogP contribution in [0.15, 0.2) is 170 Å². The van der Waals surface area contributed by atoms with Crippen molar-refractivity contribution in [1.29, 1.82) is 0 Å². The molecule has 4 heteroatoms. The molecule has 0 bridgehead atoms. The van der Waals surface area contributed by atoms with Gasteiger partial charge in [0.1, 0.15) is 0 Å². The number of hydrogen-bond acceptors (Lipinski definition) is 4. The Labute approximate surface area is 278 Å². The third kappa shape index (κ3) is 4.97. The molecule has 0 aliphatic heterocycles. The van der Waals surface area contributed by atoms with Crippen molar-refractivity contribution in [2.45, 2.75) is 0 Å². The van der Waals surface area contributed by atoms with Gasteiger partial charge in [-0.3, -0.25) is 0 Å². The molecule has 0 spiro atoms. The lowest BCUT2D eigenvalue weighted by Crippen LogP contribution is -1.97. The molecule has 0 aliphatic rings. The van der Waals surface area contributed by atoms with Gasteiger partial charge in [-0.2, -0.15) is 0 Å². The molecule has 9 rings (SSSR count). The van der Waals surface area contributed by atoms with Crippen LogP contribution in [-0.2, 0) is 0 Å². The average molecular weight is 613 g/mol. The fourth-order valence-corrected chi connectivity index (χ4v) is 6.52. The van der Waals surface area contributed by atoms with Gasteiger partial charge in [0.25, 0.3) is 0 Å². The zero-order chi connectivity index (χ0) is 31.9. The molecular formula is C44H28N4. The quantitative estimate of drug-likeness (QED) is 0.194. The van der Waals surface area contributed by atoms with Crippen LogP contribution in [0.4, 0.5) is 0 Å². The van der Waals surface area contributed by atoms with E-state index in [1.54, 1.807) is 0 Å². The van der Waals surface area contributed by atoms with Crippen LogP contribution >= 0.6 is 0 Å². The van der Waals surface area contributed by atoms with Crippen molar-refractivity contribution in [1.82, 2.24) is 19.9 Å². The number of nitrogens with zero attached hydrogens (tertiary/aromatic N) is 4. The Morgan fingerprint density at radius 1 is 0.292 bits per heavy atom. The third-order valence-electron chi connectivity index (χ3n) is 8.90. The van der Waals surface area contributed by atoms with Crippen molar-refractivity contribution in [3.63, 3.8) is 0 Å². The highest BCUT2D eigenvalue weighted by Gasteiger charge is 2.16. The summed E-state index contributed by atoms with van der Waals surface area (Å²) in [6.45, 7) is 0. The van der Waals surface area contributed by atoms with Gasteiger partial charge in [-0.15, -0.1) is 0 Å². The highest BCUT2D eigenvalue weighted by Crippen LogP contribution is 2.35. The number of aromatic nitrogens is 4. The van der Waals surface area contributed by atoms with Crippen molar-refractivity contribution in [3.8, 4) is 56.4 Å². The van der Waals surface area contributed by atoms with E-state index in [0.717, 1.165) is 72.0 Å². The number of para-hydroxylation sites is 2. The number of benzene rings is 7. The zero-order valence-electron chi connectivity index (χ0n) is 26.0. The van der Waals surface area contributed by atoms with Crippen LogP contribution in [0.2, 0.25) is 0 Å². The number of fused-ring (bicyclic) bond motifs is 3. The Morgan fingerprint density at radius 3 is 1.50 bits per heavy atom. The van der Waals surface area contributed by atoms with Gasteiger partial charge in [-0.05, 0) is 40.1 Å². The lowest BCUT2D eigenvalue weighted by atomic mass is 10.00. The first-order chi connectivity index (χ1) is 23.8. The molecule has 9 aromatic rings. The second kappa shape index (κ2) is 11.7. The van der Waals surface area contributed by atoms with E-state index in [1.165, 1.54) is 5.39 Å². The van der Waals surface area contributed by atoms with Gasteiger partial charge < -0.3 is 0 Å². The van der Waals surface area contributed by atoms with Crippen molar-refractivity contribution in [3.05, 3.63) is 170 Å². The first kappa shape index (κ1) is 27.8. The molecule has 0 unspecified atom stereocenters. The topological polar surface area (TPSA) is 51.6 Å². The molecule has 2 aromatic heterocycles. The Balaban J connectivity index is 1.16. The fraction of sp³-hybridized carbons (Fsp3) is 0. The molecule has 7 aromatic carbocycles. The molecule has 0 fully saturated rings. The molecule has 0 aliphatic carbocycles. The predicted octanol–water partition coefficient (Wildman–Crippen LogP) is 11.1. The summed E-state index contributed by atoms with van der Waals surface area (Å²) in [5, 5.41) is 4.33. The maximum Gasteiger partial charge on any atom is 0.161 e. The minimum Gasteiger partial charge on any atom is -0.228 e. The molecule has 224 valence electrons. The summed E-state index contributed by atoms with van der Waals surface area (Å²) in [5.41, 5.74) is 9.97. The van der Waals surface area contributed by atoms with Crippen LogP contribution in [0.25, 0.3) is 89.0 Å². The van der Waals surface area contributed by atoms with E-state index in [9.17, 15) is 0 Å². The van der Waals surface area contributed by atoms with Gasteiger partial charge in [-0.25, -0.2) is 19.9 Å². The maximum absolute atomic E-state index is 5.19. The minimum absolute atomic E-state index is 0.701. The van der Waals surface area contributed by atoms with Crippen LogP contribution in [0.5, 0.6) is 0 Å². The van der Waals surface area contributed by atoms with E-state index in [-0.39, 0.29) is 0 Å². The molecule has 0 atom stereocenters. The molecule has 48 heavy (non-hydrogen) atoms. The number of hydrogen-bond donors (Lipinski definition) is 0. The second-order valence-corrected chi connectivity index (χ2v) is 11.9. The standard InChI is InChI=1S/C44H28N4/c1-2-12-29(13-3-1)33-16-10-17-34(28-33)43-45-39-22-8-6-19-37(39)41(47-43)31-24-26-32(27-25-31)42-38-20-7-9-23-40(38)46-44(48-42)36-21-11-15-30-14-4-5-18-35(30)36/h1-28H. The third-order valence-corrected chi connectivity index (χ3v) is 8.90. The van der Waals surface area contributed by atoms with E-state index in [0.29, 0.717) is 11.6 Å². The van der Waals surface area contributed by atoms with Crippen LogP contribution < -0.4 is 0 Å². The van der Waals surface area contributed by atoms with Gasteiger partial charge in [0.05, 0.1) is 22.4 Å². The lowest BCUT2D eigenvalue weighted by Gasteiger charge is -2.13. The predicted molar refractivity (Wildman–Crippen MR) is 197 cm³/mol. The van der Waals surface area contributed by atoms with Gasteiger partial charge in [0.2, 0.25) is 0 Å². The second-order valence-electron chi connectivity index (χ2n) is 11.9. The monoisotopic (exact) mass is 612 g/mol. The summed E-state index contributed by atoms with van der Waals surface area (Å²) in [7, 11) is 0. The van der Waals surface area contributed by atoms with Crippen molar-refractivity contribution >= 4 is 32.6 Å². The highest BCUT2D eigenvalue weighted by atomic mass is 14.9. The molecule has 0 saturated carbocycles. The normalized spacial score (nSPS) is 11.3. The molecule has 0 saturated heterocycles. The molecule has 0 amide bonds. The summed E-state index contributed by atoms with van der Waals surface area (Å²) < 4.78 is 0. The van der Waals surface area contributed by atoms with Crippen LogP contribution in [0.3, 0.4) is 0 Å². The maximum atomic E-state index is 5.19. The van der Waals surface area contributed by atoms with Crippen molar-refractivity contribution in [2.75, 3.05) is 0 Å².